The summed E-state index contributed by atoms with van der Waals surface area (Å²) in [4.78, 5) is 11.7. The van der Waals surface area contributed by atoms with E-state index in [2.05, 4.69) is 19.4 Å². The third-order valence-electron chi connectivity index (χ3n) is 3.15. The molecule has 0 saturated heterocycles. The molecule has 0 unspecified atom stereocenters. The maximum absolute atomic E-state index is 11.7. The van der Waals surface area contributed by atoms with Gasteiger partial charge in [-0.2, -0.15) is 8.75 Å². The van der Waals surface area contributed by atoms with Gasteiger partial charge >= 0.3 is 0 Å². The monoisotopic (exact) mass is 330 g/mol. The number of hydrogen-bond acceptors (Lipinski definition) is 5. The van der Waals surface area contributed by atoms with Gasteiger partial charge in [0.1, 0.15) is 11.0 Å². The van der Waals surface area contributed by atoms with Crippen LogP contribution in [0.5, 0.6) is 0 Å². The molecule has 1 aliphatic carbocycles. The molecule has 1 heterocycles. The van der Waals surface area contributed by atoms with Crippen molar-refractivity contribution in [1.29, 1.82) is 0 Å². The van der Waals surface area contributed by atoms with Crippen molar-refractivity contribution < 1.29 is 4.79 Å². The summed E-state index contributed by atoms with van der Waals surface area (Å²) in [7, 11) is 0. The molecular weight excluding hydrogens is 319 g/mol. The molecular formula is C12H12Cl2N4OS. The lowest BCUT2D eigenvalue weighted by Crippen LogP contribution is -2.31. The Bertz CT molecular complexity index is 656. The van der Waals surface area contributed by atoms with Crippen molar-refractivity contribution in [2.45, 2.75) is 12.8 Å². The lowest BCUT2D eigenvalue weighted by molar-refractivity contribution is -0.119. The van der Waals surface area contributed by atoms with Gasteiger partial charge in [-0.3, -0.25) is 4.79 Å². The average molecular weight is 331 g/mol. The Hall–Kier alpha value is -1.11. The third kappa shape index (κ3) is 2.97. The van der Waals surface area contributed by atoms with E-state index in [0.717, 1.165) is 18.3 Å². The van der Waals surface area contributed by atoms with E-state index in [4.69, 9.17) is 23.2 Å². The zero-order valence-electron chi connectivity index (χ0n) is 10.4. The molecule has 1 aliphatic rings. The molecule has 5 nitrogen and oxygen atoms in total. The quantitative estimate of drug-likeness (QED) is 0.884. The second kappa shape index (κ2) is 5.71. The number of nitrogens with one attached hydrogen (secondary N) is 2. The molecule has 1 fully saturated rings. The van der Waals surface area contributed by atoms with Crippen LogP contribution in [0, 0.1) is 5.92 Å². The van der Waals surface area contributed by atoms with Crippen molar-refractivity contribution in [3.05, 3.63) is 16.1 Å². The zero-order valence-corrected chi connectivity index (χ0v) is 12.8. The number of carbonyl (C=O) groups is 1. The topological polar surface area (TPSA) is 66.9 Å². The molecule has 0 radical (unpaired) electrons. The van der Waals surface area contributed by atoms with E-state index in [1.54, 1.807) is 6.07 Å². The Morgan fingerprint density at radius 2 is 2.05 bits per heavy atom. The number of halogens is 2. The minimum absolute atomic E-state index is 0.0562. The lowest BCUT2D eigenvalue weighted by Gasteiger charge is -2.09. The van der Waals surface area contributed by atoms with Crippen molar-refractivity contribution in [2.24, 2.45) is 5.92 Å². The molecule has 2 aromatic rings. The Balaban J connectivity index is 1.70. The number of fused-ring (bicyclic) bond motifs is 1. The highest BCUT2D eigenvalue weighted by Crippen LogP contribution is 2.35. The highest BCUT2D eigenvalue weighted by atomic mass is 35.5. The predicted molar refractivity (Wildman–Crippen MR) is 81.7 cm³/mol. The Morgan fingerprint density at radius 3 is 2.80 bits per heavy atom. The van der Waals surface area contributed by atoms with Crippen LogP contribution in [0.25, 0.3) is 11.0 Å². The normalized spacial score (nSPS) is 14.5. The largest absolute Gasteiger partial charge is 0.373 e. The maximum atomic E-state index is 11.7. The predicted octanol–water partition coefficient (Wildman–Crippen LogP) is 2.94. The summed E-state index contributed by atoms with van der Waals surface area (Å²) in [6.07, 6.45) is 2.42. The van der Waals surface area contributed by atoms with Crippen LogP contribution in [-0.4, -0.2) is 27.7 Å². The molecule has 106 valence electrons. The van der Waals surface area contributed by atoms with Gasteiger partial charge in [-0.25, -0.2) is 0 Å². The summed E-state index contributed by atoms with van der Waals surface area (Å²) in [5.74, 6) is 0.603. The fraction of sp³-hybridized carbons (Fsp3) is 0.417. The molecule has 20 heavy (non-hydrogen) atoms. The first-order chi connectivity index (χ1) is 9.65. The van der Waals surface area contributed by atoms with E-state index in [0.29, 0.717) is 32.7 Å². The van der Waals surface area contributed by atoms with Crippen LogP contribution in [0.15, 0.2) is 6.07 Å². The number of hydrogen-bond donors (Lipinski definition) is 2. The summed E-state index contributed by atoms with van der Waals surface area (Å²) < 4.78 is 8.28. The Morgan fingerprint density at radius 1 is 1.30 bits per heavy atom. The highest BCUT2D eigenvalue weighted by Gasteiger charge is 2.21. The summed E-state index contributed by atoms with van der Waals surface area (Å²) in [5, 5.41) is 6.79. The molecule has 0 spiro atoms. The van der Waals surface area contributed by atoms with Crippen LogP contribution in [0.4, 0.5) is 5.69 Å². The number of carbonyl (C=O) groups excluding carboxylic acids is 1. The standard InChI is InChI=1S/C12H12Cl2N4OS/c13-7-3-8(14)11-12(18-20-17-11)10(7)16-5-9(19)15-4-6-1-2-6/h3,6,16H,1-2,4-5H2,(H,15,19). The first-order valence-electron chi connectivity index (χ1n) is 6.26. The van der Waals surface area contributed by atoms with Crippen molar-refractivity contribution in [2.75, 3.05) is 18.4 Å². The van der Waals surface area contributed by atoms with Crippen LogP contribution in [0.2, 0.25) is 10.0 Å². The molecule has 0 atom stereocenters. The fourth-order valence-corrected chi connectivity index (χ4v) is 3.03. The SMILES string of the molecule is O=C(CNc1c(Cl)cc(Cl)c2nsnc12)NCC1CC1. The van der Waals surface area contributed by atoms with Crippen molar-refractivity contribution in [1.82, 2.24) is 14.1 Å². The van der Waals surface area contributed by atoms with E-state index in [9.17, 15) is 4.79 Å². The summed E-state index contributed by atoms with van der Waals surface area (Å²) in [6, 6.07) is 1.61. The van der Waals surface area contributed by atoms with Crippen molar-refractivity contribution in [3.63, 3.8) is 0 Å². The zero-order chi connectivity index (χ0) is 14.1. The van der Waals surface area contributed by atoms with E-state index >= 15 is 0 Å². The number of aromatic nitrogens is 2. The van der Waals surface area contributed by atoms with Gasteiger partial charge in [-0.15, -0.1) is 0 Å². The molecule has 1 amide bonds. The number of benzene rings is 1. The minimum Gasteiger partial charge on any atom is -0.373 e. The molecule has 3 rings (SSSR count). The molecule has 0 bridgehead atoms. The average Bonchev–Trinajstić information content (AvgIpc) is 3.11. The van der Waals surface area contributed by atoms with Crippen molar-refractivity contribution >= 4 is 57.6 Å². The first-order valence-corrected chi connectivity index (χ1v) is 7.74. The summed E-state index contributed by atoms with van der Waals surface area (Å²) in [6.45, 7) is 0.906. The van der Waals surface area contributed by atoms with Crippen LogP contribution < -0.4 is 10.6 Å². The first kappa shape index (κ1) is 13.9. The third-order valence-corrected chi connectivity index (χ3v) is 4.27. The van der Waals surface area contributed by atoms with Gasteiger partial charge in [-0.1, -0.05) is 23.2 Å². The second-order valence-corrected chi connectivity index (χ2v) is 6.12. The molecule has 0 aliphatic heterocycles. The lowest BCUT2D eigenvalue weighted by atomic mass is 10.2. The van der Waals surface area contributed by atoms with E-state index in [1.807, 2.05) is 0 Å². The van der Waals surface area contributed by atoms with Crippen LogP contribution in [0.3, 0.4) is 0 Å². The van der Waals surface area contributed by atoms with Gasteiger partial charge in [0.25, 0.3) is 0 Å². The summed E-state index contributed by atoms with van der Waals surface area (Å²) in [5.41, 5.74) is 1.80. The molecule has 1 saturated carbocycles. The minimum atomic E-state index is -0.0562. The van der Waals surface area contributed by atoms with E-state index in [1.165, 1.54) is 12.8 Å². The number of amides is 1. The van der Waals surface area contributed by atoms with Gasteiger partial charge in [-0.05, 0) is 24.8 Å². The van der Waals surface area contributed by atoms with Gasteiger partial charge in [0.05, 0.1) is 34.0 Å². The van der Waals surface area contributed by atoms with E-state index in [-0.39, 0.29) is 12.5 Å². The van der Waals surface area contributed by atoms with Crippen LogP contribution in [-0.2, 0) is 4.79 Å². The van der Waals surface area contributed by atoms with Crippen molar-refractivity contribution in [3.8, 4) is 0 Å². The van der Waals surface area contributed by atoms with E-state index < -0.39 is 0 Å². The van der Waals surface area contributed by atoms with Crippen LogP contribution >= 0.6 is 34.9 Å². The summed E-state index contributed by atoms with van der Waals surface area (Å²) >= 11 is 13.3. The number of anilines is 1. The van der Waals surface area contributed by atoms with Gasteiger partial charge < -0.3 is 10.6 Å². The molecule has 1 aromatic heterocycles. The molecule has 1 aromatic carbocycles. The Labute approximate surface area is 130 Å². The Kier molecular flexibility index (Phi) is 3.96. The second-order valence-electron chi connectivity index (χ2n) is 4.78. The smallest absolute Gasteiger partial charge is 0.239 e. The number of nitrogens with zero attached hydrogens (tertiary/aromatic N) is 2. The van der Waals surface area contributed by atoms with Gasteiger partial charge in [0.15, 0.2) is 0 Å². The maximum Gasteiger partial charge on any atom is 0.239 e. The molecule has 8 heteroatoms. The fourth-order valence-electron chi connectivity index (χ4n) is 1.85. The van der Waals surface area contributed by atoms with Gasteiger partial charge in [0, 0.05) is 6.54 Å². The number of rotatable bonds is 5. The highest BCUT2D eigenvalue weighted by molar-refractivity contribution is 7.00. The van der Waals surface area contributed by atoms with Gasteiger partial charge in [0.2, 0.25) is 5.91 Å². The van der Waals surface area contributed by atoms with Crippen LogP contribution in [0.1, 0.15) is 12.8 Å². The molecule has 2 N–H and O–H groups in total.